The maximum atomic E-state index is 13.1. The van der Waals surface area contributed by atoms with E-state index in [1.165, 1.54) is 56.6 Å². The van der Waals surface area contributed by atoms with Gasteiger partial charge in [0.25, 0.3) is 5.91 Å². The number of imide groups is 1. The molecular weight excluding hydrogens is 491 g/mol. The molecule has 1 heterocycles. The van der Waals surface area contributed by atoms with E-state index in [2.05, 4.69) is 15.2 Å². The van der Waals surface area contributed by atoms with Crippen LogP contribution in [0.4, 0.5) is 18.0 Å². The number of alkyl halides is 2. The zero-order chi connectivity index (χ0) is 26.6. The predicted octanol–water partition coefficient (Wildman–Crippen LogP) is 4.82. The van der Waals surface area contributed by atoms with Crippen molar-refractivity contribution in [3.8, 4) is 17.2 Å². The highest BCUT2D eigenvalue weighted by molar-refractivity contribution is 6.07. The summed E-state index contributed by atoms with van der Waals surface area (Å²) in [4.78, 5) is 25.6. The quantitative estimate of drug-likeness (QED) is 0.328. The van der Waals surface area contributed by atoms with E-state index in [9.17, 15) is 22.8 Å². The molecule has 37 heavy (non-hydrogen) atoms. The summed E-state index contributed by atoms with van der Waals surface area (Å²) >= 11 is 0. The maximum Gasteiger partial charge on any atom is 0.387 e. The molecule has 3 aromatic carbocycles. The summed E-state index contributed by atoms with van der Waals surface area (Å²) in [5, 5.41) is 7.30. The van der Waals surface area contributed by atoms with Crippen molar-refractivity contribution in [3.63, 3.8) is 0 Å². The Morgan fingerprint density at radius 3 is 2.38 bits per heavy atom. The van der Waals surface area contributed by atoms with Crippen molar-refractivity contribution >= 4 is 18.2 Å². The molecule has 3 amide bonds. The average Bonchev–Trinajstić information content (AvgIpc) is 3.10. The third kappa shape index (κ3) is 5.66. The molecule has 0 saturated carbocycles. The van der Waals surface area contributed by atoms with E-state index in [1.54, 1.807) is 30.3 Å². The van der Waals surface area contributed by atoms with Crippen LogP contribution in [0.5, 0.6) is 17.2 Å². The minimum absolute atomic E-state index is 0.0759. The summed E-state index contributed by atoms with van der Waals surface area (Å²) in [7, 11) is 1.46. The highest BCUT2D eigenvalue weighted by atomic mass is 19.3. The van der Waals surface area contributed by atoms with Crippen LogP contribution in [0, 0.1) is 5.82 Å². The van der Waals surface area contributed by atoms with E-state index in [0.29, 0.717) is 27.6 Å². The van der Waals surface area contributed by atoms with Gasteiger partial charge in [-0.2, -0.15) is 13.9 Å². The largest absolute Gasteiger partial charge is 0.493 e. The second kappa shape index (κ2) is 10.6. The number of halogens is 3. The van der Waals surface area contributed by atoms with Crippen LogP contribution in [0.2, 0.25) is 0 Å². The number of carbonyl (C=O) groups excluding carboxylic acids is 2. The minimum Gasteiger partial charge on any atom is -0.493 e. The first-order valence-corrected chi connectivity index (χ1v) is 11.0. The molecule has 1 aliphatic rings. The lowest BCUT2D eigenvalue weighted by Crippen LogP contribution is -2.40. The van der Waals surface area contributed by atoms with Gasteiger partial charge in [-0.05, 0) is 66.1 Å². The van der Waals surface area contributed by atoms with Crippen LogP contribution in [0.1, 0.15) is 23.6 Å². The van der Waals surface area contributed by atoms with Gasteiger partial charge in [0, 0.05) is 0 Å². The number of benzene rings is 3. The first-order valence-electron chi connectivity index (χ1n) is 11.0. The number of amides is 3. The van der Waals surface area contributed by atoms with Gasteiger partial charge < -0.3 is 19.5 Å². The predicted molar refractivity (Wildman–Crippen MR) is 127 cm³/mol. The van der Waals surface area contributed by atoms with Crippen molar-refractivity contribution in [2.45, 2.75) is 25.7 Å². The van der Waals surface area contributed by atoms with Crippen molar-refractivity contribution < 1.29 is 37.0 Å². The molecule has 11 heteroatoms. The molecule has 1 aliphatic heterocycles. The number of ether oxygens (including phenoxy) is 3. The van der Waals surface area contributed by atoms with Gasteiger partial charge in [0.1, 0.15) is 23.7 Å². The lowest BCUT2D eigenvalue weighted by molar-refractivity contribution is -0.131. The van der Waals surface area contributed by atoms with Crippen molar-refractivity contribution in [2.75, 3.05) is 7.11 Å². The Morgan fingerprint density at radius 2 is 1.73 bits per heavy atom. The first kappa shape index (κ1) is 25.5. The van der Waals surface area contributed by atoms with Gasteiger partial charge in [-0.1, -0.05) is 24.3 Å². The highest BCUT2D eigenvalue weighted by Gasteiger charge is 2.49. The van der Waals surface area contributed by atoms with Gasteiger partial charge in [0.2, 0.25) is 0 Å². The monoisotopic (exact) mass is 513 g/mol. The van der Waals surface area contributed by atoms with Crippen LogP contribution >= 0.6 is 0 Å². The molecule has 1 saturated heterocycles. The topological polar surface area (TPSA) is 89.5 Å². The van der Waals surface area contributed by atoms with Gasteiger partial charge >= 0.3 is 12.6 Å². The van der Waals surface area contributed by atoms with E-state index in [1.807, 2.05) is 0 Å². The third-order valence-electron chi connectivity index (χ3n) is 5.64. The van der Waals surface area contributed by atoms with Crippen molar-refractivity contribution in [3.05, 3.63) is 89.2 Å². The van der Waals surface area contributed by atoms with Crippen LogP contribution in [0.25, 0.3) is 0 Å². The molecule has 1 fully saturated rings. The lowest BCUT2D eigenvalue weighted by atomic mass is 9.92. The zero-order valence-electron chi connectivity index (χ0n) is 19.8. The van der Waals surface area contributed by atoms with Crippen LogP contribution in [-0.2, 0) is 16.9 Å². The Kier molecular flexibility index (Phi) is 7.32. The van der Waals surface area contributed by atoms with Gasteiger partial charge in [-0.3, -0.25) is 4.79 Å². The van der Waals surface area contributed by atoms with Crippen LogP contribution < -0.4 is 19.5 Å². The van der Waals surface area contributed by atoms with Gasteiger partial charge in [0.15, 0.2) is 11.5 Å². The smallest absolute Gasteiger partial charge is 0.387 e. The SMILES string of the molecule is COc1cc(/C=N/N2C(=O)NC(C)(c3ccc(OC(F)F)cc3)C2=O)ccc1OCc1ccc(F)cc1. The number of hydrogen-bond acceptors (Lipinski definition) is 6. The third-order valence-corrected chi connectivity index (χ3v) is 5.64. The molecule has 0 spiro atoms. The minimum atomic E-state index is -2.98. The number of carbonyl (C=O) groups is 2. The van der Waals surface area contributed by atoms with E-state index in [-0.39, 0.29) is 18.2 Å². The Hall–Kier alpha value is -4.54. The summed E-state index contributed by atoms with van der Waals surface area (Å²) < 4.78 is 53.3. The number of hydrazone groups is 1. The number of rotatable bonds is 9. The number of methoxy groups -OCH3 is 1. The summed E-state index contributed by atoms with van der Waals surface area (Å²) in [6, 6.07) is 15.5. The summed E-state index contributed by atoms with van der Waals surface area (Å²) in [6.07, 6.45) is 1.31. The number of hydrogen-bond donors (Lipinski definition) is 1. The molecular formula is C26H22F3N3O5. The molecule has 0 aliphatic carbocycles. The summed E-state index contributed by atoms with van der Waals surface area (Å²) in [6.45, 7) is -1.30. The van der Waals surface area contributed by atoms with Crippen molar-refractivity contribution in [2.24, 2.45) is 5.10 Å². The fourth-order valence-electron chi connectivity index (χ4n) is 3.64. The van der Waals surface area contributed by atoms with Crippen LogP contribution in [0.3, 0.4) is 0 Å². The van der Waals surface area contributed by atoms with E-state index in [4.69, 9.17) is 9.47 Å². The van der Waals surface area contributed by atoms with Crippen LogP contribution in [0.15, 0.2) is 71.8 Å². The maximum absolute atomic E-state index is 13.1. The van der Waals surface area contributed by atoms with E-state index in [0.717, 1.165) is 5.56 Å². The Balaban J connectivity index is 1.46. The Morgan fingerprint density at radius 1 is 1.03 bits per heavy atom. The standard InChI is InChI=1S/C26H22F3N3O5/c1-26(18-6-10-20(11-7-18)37-24(28)29)23(33)32(25(34)31-26)30-14-17-5-12-21(22(13-17)35-2)36-15-16-3-8-19(27)9-4-16/h3-14,24H,15H2,1-2H3,(H,31,34)/b30-14+. The van der Waals surface area contributed by atoms with E-state index >= 15 is 0 Å². The van der Waals surface area contributed by atoms with Gasteiger partial charge in [-0.15, -0.1) is 5.01 Å². The zero-order valence-corrected chi connectivity index (χ0v) is 19.8. The molecule has 1 N–H and O–H groups in total. The molecule has 3 aromatic rings. The average molecular weight is 513 g/mol. The molecule has 1 atom stereocenters. The summed E-state index contributed by atoms with van der Waals surface area (Å²) in [5.74, 6) is -0.242. The molecule has 1 unspecified atom stereocenters. The molecule has 8 nitrogen and oxygen atoms in total. The normalized spacial score (nSPS) is 17.4. The Labute approximate surface area is 210 Å². The van der Waals surface area contributed by atoms with E-state index < -0.39 is 24.1 Å². The second-order valence-electron chi connectivity index (χ2n) is 8.14. The van der Waals surface area contributed by atoms with Crippen LogP contribution in [-0.4, -0.2) is 36.9 Å². The lowest BCUT2D eigenvalue weighted by Gasteiger charge is -2.21. The van der Waals surface area contributed by atoms with Crippen molar-refractivity contribution in [1.82, 2.24) is 10.3 Å². The fourth-order valence-corrected chi connectivity index (χ4v) is 3.64. The molecule has 0 aromatic heterocycles. The molecule has 0 radical (unpaired) electrons. The van der Waals surface area contributed by atoms with Gasteiger partial charge in [-0.25, -0.2) is 9.18 Å². The first-order chi connectivity index (χ1) is 17.7. The van der Waals surface area contributed by atoms with Crippen molar-refractivity contribution in [1.29, 1.82) is 0 Å². The van der Waals surface area contributed by atoms with Gasteiger partial charge in [0.05, 0.1) is 13.3 Å². The second-order valence-corrected chi connectivity index (χ2v) is 8.14. The number of nitrogens with zero attached hydrogens (tertiary/aromatic N) is 2. The number of urea groups is 1. The summed E-state index contributed by atoms with van der Waals surface area (Å²) in [5.41, 5.74) is 0.211. The Bertz CT molecular complexity index is 1320. The number of nitrogens with one attached hydrogen (secondary N) is 1. The molecule has 4 rings (SSSR count). The molecule has 192 valence electrons. The highest BCUT2D eigenvalue weighted by Crippen LogP contribution is 2.31. The molecule has 0 bridgehead atoms. The fraction of sp³-hybridized carbons (Fsp3) is 0.192.